The van der Waals surface area contributed by atoms with Crippen LogP contribution in [-0.4, -0.2) is 34.9 Å². The van der Waals surface area contributed by atoms with Crippen molar-refractivity contribution in [3.8, 4) is 0 Å². The van der Waals surface area contributed by atoms with Gasteiger partial charge < -0.3 is 15.5 Å². The van der Waals surface area contributed by atoms with Crippen molar-refractivity contribution in [1.82, 2.24) is 5.32 Å². The zero-order valence-corrected chi connectivity index (χ0v) is 9.60. The number of carboxylic acids is 1. The Morgan fingerprint density at radius 3 is 2.47 bits per heavy atom. The van der Waals surface area contributed by atoms with E-state index in [0.29, 0.717) is 12.6 Å². The van der Waals surface area contributed by atoms with Gasteiger partial charge in [-0.15, -0.1) is 0 Å². The fraction of sp³-hybridized carbons (Fsp3) is 0.462. The van der Waals surface area contributed by atoms with Gasteiger partial charge in [0.05, 0.1) is 12.5 Å². The first-order valence-electron chi connectivity index (χ1n) is 5.85. The van der Waals surface area contributed by atoms with Crippen molar-refractivity contribution in [1.29, 1.82) is 0 Å². The standard InChI is InChI=1S/C13H17NO3/c15-12(7-13(16)17)8-14-11-5-9-3-1-2-4-10(9)6-11/h1-4,11-12,14-15H,5-8H2,(H,16,17). The summed E-state index contributed by atoms with van der Waals surface area (Å²) in [4.78, 5) is 10.4. The zero-order chi connectivity index (χ0) is 12.3. The Morgan fingerprint density at radius 2 is 1.94 bits per heavy atom. The summed E-state index contributed by atoms with van der Waals surface area (Å²) in [7, 11) is 0. The molecule has 0 saturated carbocycles. The summed E-state index contributed by atoms with van der Waals surface area (Å²) in [5.41, 5.74) is 2.69. The summed E-state index contributed by atoms with van der Waals surface area (Å²) >= 11 is 0. The number of hydrogen-bond donors (Lipinski definition) is 3. The molecule has 17 heavy (non-hydrogen) atoms. The normalized spacial score (nSPS) is 16.8. The van der Waals surface area contributed by atoms with Gasteiger partial charge in [0.1, 0.15) is 0 Å². The Bertz CT molecular complexity index is 380. The summed E-state index contributed by atoms with van der Waals surface area (Å²) in [5, 5.41) is 21.2. The molecule has 3 N–H and O–H groups in total. The van der Waals surface area contributed by atoms with Gasteiger partial charge in [0, 0.05) is 12.6 Å². The van der Waals surface area contributed by atoms with Crippen LogP contribution in [0.3, 0.4) is 0 Å². The van der Waals surface area contributed by atoms with Crippen molar-refractivity contribution in [3.05, 3.63) is 35.4 Å². The van der Waals surface area contributed by atoms with Crippen LogP contribution < -0.4 is 5.32 Å². The zero-order valence-electron chi connectivity index (χ0n) is 9.60. The first-order valence-corrected chi connectivity index (χ1v) is 5.85. The molecule has 92 valence electrons. The second-order valence-electron chi connectivity index (χ2n) is 4.53. The Hall–Kier alpha value is -1.39. The molecule has 4 nitrogen and oxygen atoms in total. The van der Waals surface area contributed by atoms with Gasteiger partial charge in [0.2, 0.25) is 0 Å². The molecule has 0 fully saturated rings. The second kappa shape index (κ2) is 5.29. The van der Waals surface area contributed by atoms with E-state index in [1.54, 1.807) is 0 Å². The minimum Gasteiger partial charge on any atom is -0.481 e. The predicted octanol–water partition coefficient (Wildman–Crippen LogP) is 0.579. The molecule has 0 radical (unpaired) electrons. The molecule has 2 rings (SSSR count). The average molecular weight is 235 g/mol. The van der Waals surface area contributed by atoms with Crippen LogP contribution >= 0.6 is 0 Å². The van der Waals surface area contributed by atoms with Crippen molar-refractivity contribution in [2.75, 3.05) is 6.54 Å². The molecule has 0 saturated heterocycles. The van der Waals surface area contributed by atoms with Gasteiger partial charge in [0.25, 0.3) is 0 Å². The van der Waals surface area contributed by atoms with Crippen molar-refractivity contribution in [2.24, 2.45) is 0 Å². The maximum absolute atomic E-state index is 10.4. The third-order valence-corrected chi connectivity index (χ3v) is 3.10. The molecule has 0 heterocycles. The molecule has 0 spiro atoms. The molecule has 1 atom stereocenters. The van der Waals surface area contributed by atoms with Crippen LogP contribution in [0.1, 0.15) is 17.5 Å². The minimum atomic E-state index is -0.964. The Kier molecular flexibility index (Phi) is 3.76. The summed E-state index contributed by atoms with van der Waals surface area (Å²) in [6.07, 6.45) is 0.898. The molecule has 4 heteroatoms. The number of carboxylic acid groups (broad SMARTS) is 1. The summed E-state index contributed by atoms with van der Waals surface area (Å²) in [5.74, 6) is -0.964. The Morgan fingerprint density at radius 1 is 1.35 bits per heavy atom. The molecule has 0 bridgehead atoms. The highest BCUT2D eigenvalue weighted by atomic mass is 16.4. The van der Waals surface area contributed by atoms with Crippen LogP contribution in [0.2, 0.25) is 0 Å². The SMILES string of the molecule is O=C(O)CC(O)CNC1Cc2ccccc2C1. The van der Waals surface area contributed by atoms with Crippen molar-refractivity contribution < 1.29 is 15.0 Å². The van der Waals surface area contributed by atoms with E-state index in [4.69, 9.17) is 5.11 Å². The highest BCUT2D eigenvalue weighted by Gasteiger charge is 2.21. The maximum Gasteiger partial charge on any atom is 0.306 e. The van der Waals surface area contributed by atoms with Crippen LogP contribution in [-0.2, 0) is 17.6 Å². The van der Waals surface area contributed by atoms with Crippen LogP contribution in [0.4, 0.5) is 0 Å². The maximum atomic E-state index is 10.4. The lowest BCUT2D eigenvalue weighted by Gasteiger charge is -2.14. The van der Waals surface area contributed by atoms with E-state index in [2.05, 4.69) is 17.4 Å². The first kappa shape index (κ1) is 12.1. The van der Waals surface area contributed by atoms with Crippen LogP contribution in [0.5, 0.6) is 0 Å². The van der Waals surface area contributed by atoms with E-state index in [1.807, 2.05) is 12.1 Å². The lowest BCUT2D eigenvalue weighted by molar-refractivity contribution is -0.139. The third kappa shape index (κ3) is 3.28. The molecular weight excluding hydrogens is 218 g/mol. The quantitative estimate of drug-likeness (QED) is 0.698. The van der Waals surface area contributed by atoms with Crippen LogP contribution in [0, 0.1) is 0 Å². The highest BCUT2D eigenvalue weighted by molar-refractivity contribution is 5.67. The monoisotopic (exact) mass is 235 g/mol. The first-order chi connectivity index (χ1) is 8.15. The third-order valence-electron chi connectivity index (χ3n) is 3.10. The molecule has 0 amide bonds. The van der Waals surface area contributed by atoms with E-state index >= 15 is 0 Å². The number of aliphatic carboxylic acids is 1. The van der Waals surface area contributed by atoms with Crippen LogP contribution in [0.15, 0.2) is 24.3 Å². The Balaban J connectivity index is 1.78. The molecule has 1 aliphatic carbocycles. The smallest absolute Gasteiger partial charge is 0.306 e. The molecule has 0 aliphatic heterocycles. The number of benzene rings is 1. The molecule has 1 unspecified atom stereocenters. The molecule has 1 aromatic carbocycles. The molecule has 1 aromatic rings. The minimum absolute atomic E-state index is 0.202. The van der Waals surface area contributed by atoms with E-state index < -0.39 is 12.1 Å². The number of aliphatic hydroxyl groups excluding tert-OH is 1. The summed E-state index contributed by atoms with van der Waals surface area (Å²) in [6, 6.07) is 8.60. The molecule has 0 aromatic heterocycles. The van der Waals surface area contributed by atoms with Gasteiger partial charge >= 0.3 is 5.97 Å². The van der Waals surface area contributed by atoms with Gasteiger partial charge in [-0.25, -0.2) is 0 Å². The van der Waals surface area contributed by atoms with Crippen molar-refractivity contribution in [2.45, 2.75) is 31.4 Å². The van der Waals surface area contributed by atoms with Crippen molar-refractivity contribution in [3.63, 3.8) is 0 Å². The fourth-order valence-corrected chi connectivity index (χ4v) is 2.28. The second-order valence-corrected chi connectivity index (χ2v) is 4.53. The number of aliphatic hydroxyl groups is 1. The van der Waals surface area contributed by atoms with Crippen LogP contribution in [0.25, 0.3) is 0 Å². The summed E-state index contributed by atoms with van der Waals surface area (Å²) < 4.78 is 0. The lowest BCUT2D eigenvalue weighted by Crippen LogP contribution is -2.36. The lowest BCUT2D eigenvalue weighted by atomic mass is 10.1. The predicted molar refractivity (Wildman–Crippen MR) is 63.9 cm³/mol. The number of carbonyl (C=O) groups is 1. The highest BCUT2D eigenvalue weighted by Crippen LogP contribution is 2.21. The number of rotatable bonds is 5. The molecule has 1 aliphatic rings. The fourth-order valence-electron chi connectivity index (χ4n) is 2.28. The number of fused-ring (bicyclic) bond motifs is 1. The van der Waals surface area contributed by atoms with E-state index in [0.717, 1.165) is 12.8 Å². The largest absolute Gasteiger partial charge is 0.481 e. The average Bonchev–Trinajstić information content (AvgIpc) is 2.68. The van der Waals surface area contributed by atoms with E-state index in [-0.39, 0.29) is 6.42 Å². The number of nitrogens with one attached hydrogen (secondary N) is 1. The van der Waals surface area contributed by atoms with Gasteiger partial charge in [-0.2, -0.15) is 0 Å². The molecular formula is C13H17NO3. The van der Waals surface area contributed by atoms with Gasteiger partial charge in [-0.1, -0.05) is 24.3 Å². The summed E-state index contributed by atoms with van der Waals surface area (Å²) in [6.45, 7) is 0.338. The topological polar surface area (TPSA) is 69.6 Å². The van der Waals surface area contributed by atoms with E-state index in [9.17, 15) is 9.90 Å². The van der Waals surface area contributed by atoms with Crippen molar-refractivity contribution >= 4 is 5.97 Å². The van der Waals surface area contributed by atoms with Gasteiger partial charge in [0.15, 0.2) is 0 Å². The number of hydrogen-bond acceptors (Lipinski definition) is 3. The van der Waals surface area contributed by atoms with Gasteiger partial charge in [-0.05, 0) is 24.0 Å². The van der Waals surface area contributed by atoms with Gasteiger partial charge in [-0.3, -0.25) is 4.79 Å². The van der Waals surface area contributed by atoms with E-state index in [1.165, 1.54) is 11.1 Å². The Labute approximate surface area is 100 Å².